The number of amides is 1. The molecule has 0 unspecified atom stereocenters. The van der Waals surface area contributed by atoms with Crippen LogP contribution in [0, 0.1) is 13.8 Å². The monoisotopic (exact) mass is 513 g/mol. The van der Waals surface area contributed by atoms with E-state index in [1.807, 2.05) is 56.3 Å². The first-order chi connectivity index (χ1) is 17.8. The van der Waals surface area contributed by atoms with E-state index in [1.165, 1.54) is 4.31 Å². The summed E-state index contributed by atoms with van der Waals surface area (Å²) in [6, 6.07) is 23.5. The van der Waals surface area contributed by atoms with E-state index in [0.717, 1.165) is 28.7 Å². The lowest BCUT2D eigenvalue weighted by molar-refractivity contribution is -0.122. The van der Waals surface area contributed by atoms with Gasteiger partial charge in [0.25, 0.3) is 15.9 Å². The molecular weight excluding hydrogens is 486 g/mol. The molecule has 0 radical (unpaired) electrons. The van der Waals surface area contributed by atoms with Crippen molar-refractivity contribution < 1.29 is 17.9 Å². The van der Waals surface area contributed by atoms with E-state index in [0.29, 0.717) is 17.1 Å². The summed E-state index contributed by atoms with van der Waals surface area (Å²) in [6.45, 7) is 3.64. The molecule has 7 nitrogen and oxygen atoms in total. The number of aryl methyl sites for hydroxylation is 2. The zero-order chi connectivity index (χ0) is 26.0. The van der Waals surface area contributed by atoms with Gasteiger partial charge in [-0.05, 0) is 85.5 Å². The summed E-state index contributed by atoms with van der Waals surface area (Å²) in [4.78, 5) is 17.4. The Morgan fingerprint density at radius 1 is 0.919 bits per heavy atom. The third-order valence-electron chi connectivity index (χ3n) is 6.26. The van der Waals surface area contributed by atoms with Gasteiger partial charge in [0.15, 0.2) is 6.10 Å². The molecule has 8 heteroatoms. The predicted octanol–water partition coefficient (Wildman–Crippen LogP) is 4.88. The standard InChI is InChI=1S/C29H27N3O4S/c1-20-3-10-25(11-4-20)37(34,35)32-19-28(36-27-12-5-21(2)17-26(27)32)29(33)31-24-8-6-22(7-9-24)18-23-13-15-30-16-14-23/h3-17,28H,18-19H2,1-2H3,(H,31,33)/t28-/m1/s1. The van der Waals surface area contributed by atoms with Crippen LogP contribution in [-0.2, 0) is 21.2 Å². The van der Waals surface area contributed by atoms with Crippen LogP contribution in [0.3, 0.4) is 0 Å². The highest BCUT2D eigenvalue weighted by Gasteiger charge is 2.37. The second kappa shape index (κ2) is 10.1. The maximum absolute atomic E-state index is 13.6. The van der Waals surface area contributed by atoms with Gasteiger partial charge < -0.3 is 10.1 Å². The number of nitrogens with one attached hydrogen (secondary N) is 1. The molecule has 1 aromatic heterocycles. The number of fused-ring (bicyclic) bond motifs is 1. The lowest BCUT2D eigenvalue weighted by atomic mass is 10.1. The number of carbonyl (C=O) groups excluding carboxylic acids is 1. The molecule has 2 heterocycles. The first-order valence-electron chi connectivity index (χ1n) is 11.9. The number of sulfonamides is 1. The van der Waals surface area contributed by atoms with Crippen molar-refractivity contribution in [3.8, 4) is 5.75 Å². The number of benzene rings is 3. The van der Waals surface area contributed by atoms with Gasteiger partial charge in [0, 0.05) is 18.1 Å². The molecule has 0 saturated carbocycles. The first kappa shape index (κ1) is 24.5. The number of rotatable bonds is 6. The van der Waals surface area contributed by atoms with Gasteiger partial charge in [-0.3, -0.25) is 14.1 Å². The minimum absolute atomic E-state index is 0.140. The minimum atomic E-state index is -3.91. The number of nitrogens with zero attached hydrogens (tertiary/aromatic N) is 2. The van der Waals surface area contributed by atoms with Gasteiger partial charge in [-0.2, -0.15) is 0 Å². The molecule has 0 spiro atoms. The number of anilines is 2. The van der Waals surface area contributed by atoms with Gasteiger partial charge in [0.1, 0.15) is 5.75 Å². The van der Waals surface area contributed by atoms with Crippen molar-refractivity contribution in [1.82, 2.24) is 4.98 Å². The van der Waals surface area contributed by atoms with Crippen LogP contribution in [0.5, 0.6) is 5.75 Å². The van der Waals surface area contributed by atoms with Gasteiger partial charge in [-0.15, -0.1) is 0 Å². The number of carbonyl (C=O) groups is 1. The van der Waals surface area contributed by atoms with E-state index < -0.39 is 22.0 Å². The molecule has 4 aromatic rings. The molecule has 5 rings (SSSR count). The van der Waals surface area contributed by atoms with E-state index >= 15 is 0 Å². The molecule has 0 aliphatic carbocycles. The molecule has 0 bridgehead atoms. The number of hydrogen-bond donors (Lipinski definition) is 1. The molecule has 0 fully saturated rings. The number of aromatic nitrogens is 1. The Labute approximate surface area is 216 Å². The molecule has 1 atom stereocenters. The van der Waals surface area contributed by atoms with Gasteiger partial charge in [0.2, 0.25) is 0 Å². The van der Waals surface area contributed by atoms with E-state index in [9.17, 15) is 13.2 Å². The summed E-state index contributed by atoms with van der Waals surface area (Å²) in [5, 5.41) is 2.87. The van der Waals surface area contributed by atoms with Crippen molar-refractivity contribution >= 4 is 27.3 Å². The highest BCUT2D eigenvalue weighted by Crippen LogP contribution is 2.38. The minimum Gasteiger partial charge on any atom is -0.476 e. The Hall–Kier alpha value is -4.17. The Bertz CT molecular complexity index is 1520. The normalized spacial score (nSPS) is 15.0. The molecule has 1 aliphatic heterocycles. The van der Waals surface area contributed by atoms with Crippen molar-refractivity contribution in [2.75, 3.05) is 16.2 Å². The van der Waals surface area contributed by atoms with Crippen molar-refractivity contribution in [2.24, 2.45) is 0 Å². The second-order valence-corrected chi connectivity index (χ2v) is 11.0. The quantitative estimate of drug-likeness (QED) is 0.397. The third kappa shape index (κ3) is 5.34. The summed E-state index contributed by atoms with van der Waals surface area (Å²) < 4.78 is 34.5. The Morgan fingerprint density at radius 2 is 1.57 bits per heavy atom. The molecule has 188 valence electrons. The maximum atomic E-state index is 13.6. The molecule has 1 aliphatic rings. The van der Waals surface area contributed by atoms with Crippen LogP contribution < -0.4 is 14.4 Å². The summed E-state index contributed by atoms with van der Waals surface area (Å²) in [5.41, 5.74) is 5.12. The number of pyridine rings is 1. The van der Waals surface area contributed by atoms with Crippen molar-refractivity contribution in [1.29, 1.82) is 0 Å². The van der Waals surface area contributed by atoms with Gasteiger partial charge in [0.05, 0.1) is 17.1 Å². The number of ether oxygens (including phenoxy) is 1. The highest BCUT2D eigenvalue weighted by molar-refractivity contribution is 7.92. The van der Waals surface area contributed by atoms with Crippen LogP contribution in [0.25, 0.3) is 0 Å². The molecule has 3 aromatic carbocycles. The lowest BCUT2D eigenvalue weighted by Crippen LogP contribution is -2.48. The van der Waals surface area contributed by atoms with Gasteiger partial charge in [-0.25, -0.2) is 8.42 Å². The van der Waals surface area contributed by atoms with Crippen LogP contribution in [-0.4, -0.2) is 32.0 Å². The lowest BCUT2D eigenvalue weighted by Gasteiger charge is -2.35. The van der Waals surface area contributed by atoms with E-state index in [1.54, 1.807) is 48.8 Å². The molecule has 0 saturated heterocycles. The van der Waals surface area contributed by atoms with Crippen LogP contribution in [0.15, 0.2) is 96.2 Å². The average molecular weight is 514 g/mol. The van der Waals surface area contributed by atoms with Crippen LogP contribution >= 0.6 is 0 Å². The van der Waals surface area contributed by atoms with Crippen LogP contribution in [0.1, 0.15) is 22.3 Å². The third-order valence-corrected chi connectivity index (χ3v) is 8.06. The van der Waals surface area contributed by atoms with E-state index in [-0.39, 0.29) is 11.4 Å². The first-order valence-corrected chi connectivity index (χ1v) is 13.4. The van der Waals surface area contributed by atoms with Crippen LogP contribution in [0.4, 0.5) is 11.4 Å². The van der Waals surface area contributed by atoms with E-state index in [2.05, 4.69) is 10.3 Å². The molecule has 1 N–H and O–H groups in total. The van der Waals surface area contributed by atoms with Crippen molar-refractivity contribution in [3.63, 3.8) is 0 Å². The van der Waals surface area contributed by atoms with Gasteiger partial charge >= 0.3 is 0 Å². The highest BCUT2D eigenvalue weighted by atomic mass is 32.2. The Morgan fingerprint density at radius 3 is 2.27 bits per heavy atom. The summed E-state index contributed by atoms with van der Waals surface area (Å²) in [5.74, 6) is -0.0717. The van der Waals surface area contributed by atoms with Gasteiger partial charge in [-0.1, -0.05) is 35.9 Å². The molecule has 1 amide bonds. The second-order valence-electron chi connectivity index (χ2n) is 9.15. The number of hydrogen-bond acceptors (Lipinski definition) is 5. The molecular formula is C29H27N3O4S. The fraction of sp³-hybridized carbons (Fsp3) is 0.172. The summed E-state index contributed by atoms with van der Waals surface area (Å²) >= 11 is 0. The van der Waals surface area contributed by atoms with Crippen molar-refractivity contribution in [3.05, 3.63) is 114 Å². The topological polar surface area (TPSA) is 88.6 Å². The smallest absolute Gasteiger partial charge is 0.267 e. The SMILES string of the molecule is Cc1ccc(S(=O)(=O)N2C[C@H](C(=O)Nc3ccc(Cc4ccncc4)cc3)Oc3ccc(C)cc32)cc1. The predicted molar refractivity (Wildman–Crippen MR) is 143 cm³/mol. The fourth-order valence-electron chi connectivity index (χ4n) is 4.23. The molecule has 37 heavy (non-hydrogen) atoms. The van der Waals surface area contributed by atoms with Crippen LogP contribution in [0.2, 0.25) is 0 Å². The Kier molecular flexibility index (Phi) is 6.67. The van der Waals surface area contributed by atoms with Crippen molar-refractivity contribution in [2.45, 2.75) is 31.3 Å². The zero-order valence-electron chi connectivity index (χ0n) is 20.6. The largest absolute Gasteiger partial charge is 0.476 e. The fourth-order valence-corrected chi connectivity index (χ4v) is 5.70. The summed E-state index contributed by atoms with van der Waals surface area (Å²) in [6.07, 6.45) is 3.25. The Balaban J connectivity index is 1.36. The van der Waals surface area contributed by atoms with E-state index in [4.69, 9.17) is 4.74 Å². The summed E-state index contributed by atoms with van der Waals surface area (Å²) in [7, 11) is -3.91. The average Bonchev–Trinajstić information content (AvgIpc) is 2.90. The maximum Gasteiger partial charge on any atom is 0.267 e. The zero-order valence-corrected chi connectivity index (χ0v) is 21.4.